The number of hydrogen-bond donors (Lipinski definition) is 3. The monoisotopic (exact) mass is 493 g/mol. The maximum absolute atomic E-state index is 13.3. The summed E-state index contributed by atoms with van der Waals surface area (Å²) in [5.41, 5.74) is 2.48. The number of nitrogens with zero attached hydrogens (tertiary/aromatic N) is 4. The third-order valence-electron chi connectivity index (χ3n) is 4.44. The lowest BCUT2D eigenvalue weighted by Crippen LogP contribution is -2.22. The summed E-state index contributed by atoms with van der Waals surface area (Å²) in [6.45, 7) is 0. The Bertz CT molecular complexity index is 1450. The average Bonchev–Trinajstić information content (AvgIpc) is 3.40. The standard InChI is InChI=1S/C19H11ClF3N7O4/c20-9-2-1-5-25-15(9)30-11(6-12(29-30)19(21,22)23)16(31)27-10-4-3-8-7-26-28-14(8)13(10)17(32)34-18(24)33/h1-7H,(H2,24,33)(H,26,28)(H,27,31). The molecule has 3 heterocycles. The van der Waals surface area contributed by atoms with Gasteiger partial charge in [-0.05, 0) is 24.3 Å². The van der Waals surface area contributed by atoms with E-state index in [0.717, 1.165) is 0 Å². The molecule has 0 saturated heterocycles. The van der Waals surface area contributed by atoms with E-state index in [1.807, 2.05) is 0 Å². The van der Waals surface area contributed by atoms with Crippen molar-refractivity contribution >= 4 is 46.2 Å². The van der Waals surface area contributed by atoms with E-state index in [2.05, 4.69) is 30.3 Å². The maximum atomic E-state index is 13.3. The summed E-state index contributed by atoms with van der Waals surface area (Å²) in [4.78, 5) is 40.5. The van der Waals surface area contributed by atoms with Gasteiger partial charge in [0.2, 0.25) is 0 Å². The number of hydrogen-bond acceptors (Lipinski definition) is 7. The number of fused-ring (bicyclic) bond motifs is 1. The third-order valence-corrected chi connectivity index (χ3v) is 4.73. The van der Waals surface area contributed by atoms with Crippen LogP contribution in [0.4, 0.5) is 23.7 Å². The summed E-state index contributed by atoms with van der Waals surface area (Å²) in [6.07, 6.45) is -3.68. The minimum Gasteiger partial charge on any atom is -0.373 e. The molecule has 2 amide bonds. The number of nitrogens with two attached hydrogens (primary N) is 1. The predicted molar refractivity (Wildman–Crippen MR) is 110 cm³/mol. The van der Waals surface area contributed by atoms with Gasteiger partial charge in [-0.15, -0.1) is 0 Å². The summed E-state index contributed by atoms with van der Waals surface area (Å²) in [6, 6.07) is 6.02. The van der Waals surface area contributed by atoms with Crippen LogP contribution in [0.25, 0.3) is 16.7 Å². The van der Waals surface area contributed by atoms with Gasteiger partial charge in [-0.25, -0.2) is 19.3 Å². The van der Waals surface area contributed by atoms with Crippen molar-refractivity contribution in [2.24, 2.45) is 5.73 Å². The zero-order valence-electron chi connectivity index (χ0n) is 16.6. The van der Waals surface area contributed by atoms with Gasteiger partial charge in [0.05, 0.1) is 22.4 Å². The van der Waals surface area contributed by atoms with Crippen molar-refractivity contribution in [1.82, 2.24) is 25.0 Å². The highest BCUT2D eigenvalue weighted by Gasteiger charge is 2.37. The molecule has 0 aliphatic rings. The van der Waals surface area contributed by atoms with E-state index in [0.29, 0.717) is 16.1 Å². The zero-order valence-corrected chi connectivity index (χ0v) is 17.3. The maximum Gasteiger partial charge on any atom is 0.435 e. The van der Waals surface area contributed by atoms with Crippen LogP contribution in [-0.4, -0.2) is 42.9 Å². The number of amides is 2. The van der Waals surface area contributed by atoms with Gasteiger partial charge in [0.15, 0.2) is 11.5 Å². The molecule has 174 valence electrons. The summed E-state index contributed by atoms with van der Waals surface area (Å²) >= 11 is 6.03. The van der Waals surface area contributed by atoms with Crippen molar-refractivity contribution in [1.29, 1.82) is 0 Å². The molecule has 0 saturated carbocycles. The lowest BCUT2D eigenvalue weighted by molar-refractivity contribution is -0.141. The minimum absolute atomic E-state index is 0.0713. The number of carbonyl (C=O) groups is 3. The van der Waals surface area contributed by atoms with E-state index in [9.17, 15) is 27.6 Å². The number of halogens is 4. The molecule has 4 rings (SSSR count). The van der Waals surface area contributed by atoms with Crippen LogP contribution in [-0.2, 0) is 10.9 Å². The van der Waals surface area contributed by atoms with Gasteiger partial charge in [-0.2, -0.15) is 23.4 Å². The largest absolute Gasteiger partial charge is 0.435 e. The summed E-state index contributed by atoms with van der Waals surface area (Å²) in [5, 5.41) is 12.4. The van der Waals surface area contributed by atoms with Crippen molar-refractivity contribution in [3.8, 4) is 5.82 Å². The first-order valence-electron chi connectivity index (χ1n) is 9.13. The fourth-order valence-corrected chi connectivity index (χ4v) is 3.24. The van der Waals surface area contributed by atoms with Crippen LogP contribution >= 0.6 is 11.6 Å². The zero-order chi connectivity index (χ0) is 24.6. The van der Waals surface area contributed by atoms with Gasteiger partial charge in [-0.3, -0.25) is 9.89 Å². The Labute approximate surface area is 191 Å². The highest BCUT2D eigenvalue weighted by atomic mass is 35.5. The van der Waals surface area contributed by atoms with Crippen LogP contribution in [0.15, 0.2) is 42.7 Å². The molecule has 4 aromatic rings. The van der Waals surface area contributed by atoms with Crippen molar-refractivity contribution in [3.05, 3.63) is 64.7 Å². The van der Waals surface area contributed by atoms with Gasteiger partial charge < -0.3 is 15.8 Å². The SMILES string of the molecule is NC(=O)OC(=O)c1c(NC(=O)c2cc(C(F)(F)F)nn2-c2ncccc2Cl)ccc2cn[nH]c12. The number of anilines is 1. The number of aromatic nitrogens is 5. The number of rotatable bonds is 4. The van der Waals surface area contributed by atoms with Gasteiger partial charge in [-0.1, -0.05) is 11.6 Å². The number of aromatic amines is 1. The Hall–Kier alpha value is -4.46. The molecule has 34 heavy (non-hydrogen) atoms. The summed E-state index contributed by atoms with van der Waals surface area (Å²) < 4.78 is 45.1. The second-order valence-corrected chi connectivity index (χ2v) is 7.03. The van der Waals surface area contributed by atoms with Crippen molar-refractivity contribution in [3.63, 3.8) is 0 Å². The van der Waals surface area contributed by atoms with Gasteiger partial charge in [0.25, 0.3) is 5.91 Å². The van der Waals surface area contributed by atoms with Crippen LogP contribution in [0, 0.1) is 0 Å². The molecular weight excluding hydrogens is 483 g/mol. The minimum atomic E-state index is -4.88. The molecule has 0 unspecified atom stereocenters. The Morgan fingerprint density at radius 3 is 2.65 bits per heavy atom. The summed E-state index contributed by atoms with van der Waals surface area (Å²) in [7, 11) is 0. The highest BCUT2D eigenvalue weighted by molar-refractivity contribution is 6.32. The van der Waals surface area contributed by atoms with Crippen molar-refractivity contribution in [2.45, 2.75) is 6.18 Å². The van der Waals surface area contributed by atoms with Gasteiger partial charge >= 0.3 is 18.2 Å². The molecule has 1 aromatic carbocycles. The number of esters is 1. The van der Waals surface area contributed by atoms with Gasteiger partial charge in [0, 0.05) is 17.6 Å². The fourth-order valence-electron chi connectivity index (χ4n) is 3.03. The van der Waals surface area contributed by atoms with Gasteiger partial charge in [0.1, 0.15) is 11.3 Å². The average molecular weight is 494 g/mol. The van der Waals surface area contributed by atoms with Crippen LogP contribution in [0.5, 0.6) is 0 Å². The van der Waals surface area contributed by atoms with E-state index in [4.69, 9.17) is 17.3 Å². The Morgan fingerprint density at radius 1 is 1.21 bits per heavy atom. The van der Waals surface area contributed by atoms with E-state index < -0.39 is 35.5 Å². The molecule has 0 radical (unpaired) electrons. The summed E-state index contributed by atoms with van der Waals surface area (Å²) in [5.74, 6) is -2.56. The number of H-pyrrole nitrogens is 1. The van der Waals surface area contributed by atoms with Crippen LogP contribution < -0.4 is 11.1 Å². The number of ether oxygens (including phenoxy) is 1. The normalized spacial score (nSPS) is 11.4. The molecular formula is C19H11ClF3N7O4. The van der Waals surface area contributed by atoms with E-state index in [1.54, 1.807) is 0 Å². The topological polar surface area (TPSA) is 158 Å². The van der Waals surface area contributed by atoms with Crippen LogP contribution in [0.3, 0.4) is 0 Å². The fraction of sp³-hybridized carbons (Fsp3) is 0.0526. The number of pyridine rings is 1. The van der Waals surface area contributed by atoms with E-state index >= 15 is 0 Å². The first-order chi connectivity index (χ1) is 16.1. The van der Waals surface area contributed by atoms with Crippen molar-refractivity contribution < 1.29 is 32.3 Å². The molecule has 0 bridgehead atoms. The second kappa shape index (κ2) is 8.47. The Kier molecular flexibility index (Phi) is 5.66. The Morgan fingerprint density at radius 2 is 1.97 bits per heavy atom. The van der Waals surface area contributed by atoms with Crippen LogP contribution in [0.2, 0.25) is 5.02 Å². The Balaban J connectivity index is 1.81. The predicted octanol–water partition coefficient (Wildman–Crippen LogP) is 3.30. The number of nitrogens with one attached hydrogen (secondary N) is 2. The first kappa shape index (κ1) is 22.7. The lowest BCUT2D eigenvalue weighted by Gasteiger charge is -2.12. The number of carbonyl (C=O) groups excluding carboxylic acids is 3. The molecule has 0 fully saturated rings. The molecule has 4 N–H and O–H groups in total. The molecule has 0 atom stereocenters. The number of benzene rings is 1. The lowest BCUT2D eigenvalue weighted by atomic mass is 10.1. The van der Waals surface area contributed by atoms with Crippen molar-refractivity contribution in [2.75, 3.05) is 5.32 Å². The van der Waals surface area contributed by atoms with Crippen LogP contribution in [0.1, 0.15) is 26.5 Å². The quantitative estimate of drug-likeness (QED) is 0.290. The molecule has 0 aliphatic carbocycles. The number of primary amides is 1. The van der Waals surface area contributed by atoms with E-state index in [-0.39, 0.29) is 27.6 Å². The molecule has 3 aromatic heterocycles. The molecule has 0 aliphatic heterocycles. The molecule has 11 nitrogen and oxygen atoms in total. The first-order valence-corrected chi connectivity index (χ1v) is 9.51. The smallest absolute Gasteiger partial charge is 0.373 e. The highest BCUT2D eigenvalue weighted by Crippen LogP contribution is 2.31. The molecule has 15 heteroatoms. The number of alkyl halides is 3. The second-order valence-electron chi connectivity index (χ2n) is 6.62. The third kappa shape index (κ3) is 4.25. The van der Waals surface area contributed by atoms with E-state index in [1.165, 1.54) is 36.7 Å². The molecule has 0 spiro atoms.